The molecule has 9 nitrogen and oxygen atoms in total. The second-order valence-electron chi connectivity index (χ2n) is 6.71. The summed E-state index contributed by atoms with van der Waals surface area (Å²) < 4.78 is 49.3. The summed E-state index contributed by atoms with van der Waals surface area (Å²) in [5, 5.41) is 11.7. The number of carbonyl (C=O) groups is 1. The van der Waals surface area contributed by atoms with Crippen molar-refractivity contribution in [1.82, 2.24) is 9.97 Å². The monoisotopic (exact) mass is 461 g/mol. The first-order valence-corrected chi connectivity index (χ1v) is 9.58. The molecule has 2 N–H and O–H groups in total. The van der Waals surface area contributed by atoms with Crippen molar-refractivity contribution in [3.8, 4) is 23.0 Å². The third-order valence-corrected chi connectivity index (χ3v) is 4.47. The summed E-state index contributed by atoms with van der Waals surface area (Å²) in [6.07, 6.45) is 2.66. The number of nitrogens with one attached hydrogen (secondary N) is 1. The van der Waals surface area contributed by atoms with Gasteiger partial charge in [0.2, 0.25) is 5.95 Å². The molecule has 3 aromatic rings. The molecule has 33 heavy (non-hydrogen) atoms. The molecule has 0 fully saturated rings. The summed E-state index contributed by atoms with van der Waals surface area (Å²) >= 11 is 0. The number of methoxy groups -OCH3 is 2. The predicted molar refractivity (Wildman–Crippen MR) is 113 cm³/mol. The standard InChI is InChI=1S/C22H21F2N3O6/c1-12-4-5-13(6-16(12)33-11-19(28)29)27-22-25-8-14(9-26-22)32-10-15-20(23)17(30-2)7-18(31-3)21(15)24/h4-9H,10-11H2,1-3H3,(H,28,29)(H,25,26,27). The number of nitrogens with zero attached hydrogens (tertiary/aromatic N) is 2. The molecule has 0 aliphatic heterocycles. The summed E-state index contributed by atoms with van der Waals surface area (Å²) in [7, 11) is 2.52. The molecule has 0 spiro atoms. The molecule has 0 radical (unpaired) electrons. The van der Waals surface area contributed by atoms with Crippen molar-refractivity contribution in [3.63, 3.8) is 0 Å². The first-order valence-electron chi connectivity index (χ1n) is 9.58. The van der Waals surface area contributed by atoms with E-state index < -0.39 is 30.8 Å². The van der Waals surface area contributed by atoms with E-state index in [1.54, 1.807) is 25.1 Å². The number of benzene rings is 2. The van der Waals surface area contributed by atoms with E-state index in [4.69, 9.17) is 24.1 Å². The topological polar surface area (TPSA) is 112 Å². The highest BCUT2D eigenvalue weighted by atomic mass is 19.1. The van der Waals surface area contributed by atoms with Crippen LogP contribution in [0.3, 0.4) is 0 Å². The highest BCUT2D eigenvalue weighted by Crippen LogP contribution is 2.32. The lowest BCUT2D eigenvalue weighted by atomic mass is 10.1. The van der Waals surface area contributed by atoms with Crippen LogP contribution in [0.25, 0.3) is 0 Å². The number of aromatic nitrogens is 2. The first-order chi connectivity index (χ1) is 15.8. The summed E-state index contributed by atoms with van der Waals surface area (Å²) in [4.78, 5) is 18.9. The molecule has 174 valence electrons. The number of carboxylic acid groups (broad SMARTS) is 1. The molecule has 0 atom stereocenters. The van der Waals surface area contributed by atoms with Crippen LogP contribution in [0.2, 0.25) is 0 Å². The molecular weight excluding hydrogens is 440 g/mol. The quantitative estimate of drug-likeness (QED) is 0.465. The van der Waals surface area contributed by atoms with E-state index in [0.717, 1.165) is 11.6 Å². The summed E-state index contributed by atoms with van der Waals surface area (Å²) in [6, 6.07) is 6.23. The normalized spacial score (nSPS) is 10.5. The Bertz CT molecular complexity index is 1110. The Morgan fingerprint density at radius 3 is 2.21 bits per heavy atom. The average Bonchev–Trinajstić information content (AvgIpc) is 2.80. The highest BCUT2D eigenvalue weighted by Gasteiger charge is 2.20. The number of halogens is 2. The average molecular weight is 461 g/mol. The Morgan fingerprint density at radius 1 is 1.00 bits per heavy atom. The van der Waals surface area contributed by atoms with Crippen LogP contribution in [0.1, 0.15) is 11.1 Å². The minimum Gasteiger partial charge on any atom is -0.494 e. The van der Waals surface area contributed by atoms with Crippen molar-refractivity contribution in [1.29, 1.82) is 0 Å². The Morgan fingerprint density at radius 2 is 1.64 bits per heavy atom. The lowest BCUT2D eigenvalue weighted by Gasteiger charge is -2.13. The number of aryl methyl sites for hydroxylation is 1. The minimum absolute atomic E-state index is 0.174. The molecule has 0 amide bonds. The molecule has 0 saturated carbocycles. The van der Waals surface area contributed by atoms with Crippen LogP contribution < -0.4 is 24.3 Å². The number of aliphatic carboxylic acids is 1. The lowest BCUT2D eigenvalue weighted by molar-refractivity contribution is -0.139. The molecule has 0 unspecified atom stereocenters. The van der Waals surface area contributed by atoms with Gasteiger partial charge in [-0.2, -0.15) is 0 Å². The van der Waals surface area contributed by atoms with Crippen molar-refractivity contribution in [2.24, 2.45) is 0 Å². The lowest BCUT2D eigenvalue weighted by Crippen LogP contribution is -2.10. The van der Waals surface area contributed by atoms with Crippen LogP contribution in [0, 0.1) is 18.6 Å². The maximum atomic E-state index is 14.4. The summed E-state index contributed by atoms with van der Waals surface area (Å²) in [5.74, 6) is -2.42. The zero-order chi connectivity index (χ0) is 24.0. The molecule has 11 heteroatoms. The van der Waals surface area contributed by atoms with Crippen molar-refractivity contribution < 1.29 is 37.6 Å². The Balaban J connectivity index is 1.68. The Hall–Kier alpha value is -4.15. The Kier molecular flexibility index (Phi) is 7.44. The molecule has 1 aromatic heterocycles. The van der Waals surface area contributed by atoms with Gasteiger partial charge in [-0.1, -0.05) is 6.07 Å². The molecule has 3 rings (SSSR count). The SMILES string of the molecule is COc1cc(OC)c(F)c(COc2cnc(Nc3ccc(C)c(OCC(=O)O)c3)nc2)c1F. The van der Waals surface area contributed by atoms with Gasteiger partial charge in [-0.25, -0.2) is 23.5 Å². The second-order valence-corrected chi connectivity index (χ2v) is 6.71. The fraction of sp³-hybridized carbons (Fsp3) is 0.227. The Labute approximate surface area is 187 Å². The van der Waals surface area contributed by atoms with E-state index >= 15 is 0 Å². The van der Waals surface area contributed by atoms with E-state index in [0.29, 0.717) is 11.4 Å². The van der Waals surface area contributed by atoms with Crippen LogP contribution >= 0.6 is 0 Å². The van der Waals surface area contributed by atoms with E-state index in [1.807, 2.05) is 0 Å². The van der Waals surface area contributed by atoms with Crippen LogP contribution in [-0.2, 0) is 11.4 Å². The van der Waals surface area contributed by atoms with Crippen LogP contribution in [0.15, 0.2) is 36.7 Å². The number of hydrogen-bond acceptors (Lipinski definition) is 8. The molecule has 0 bridgehead atoms. The predicted octanol–water partition coefficient (Wildman–Crippen LogP) is 3.87. The van der Waals surface area contributed by atoms with Gasteiger partial charge in [-0.3, -0.25) is 0 Å². The van der Waals surface area contributed by atoms with Gasteiger partial charge >= 0.3 is 5.97 Å². The van der Waals surface area contributed by atoms with Crippen LogP contribution in [0.4, 0.5) is 20.4 Å². The molecule has 2 aromatic carbocycles. The van der Waals surface area contributed by atoms with E-state index in [9.17, 15) is 13.6 Å². The van der Waals surface area contributed by atoms with Crippen molar-refractivity contribution >= 4 is 17.6 Å². The van der Waals surface area contributed by atoms with Crippen molar-refractivity contribution in [2.45, 2.75) is 13.5 Å². The van der Waals surface area contributed by atoms with Crippen LogP contribution in [-0.4, -0.2) is 41.9 Å². The number of hydrogen-bond donors (Lipinski definition) is 2. The fourth-order valence-corrected chi connectivity index (χ4v) is 2.78. The first kappa shape index (κ1) is 23.5. The molecule has 0 aliphatic carbocycles. The largest absolute Gasteiger partial charge is 0.494 e. The number of carboxylic acids is 1. The second kappa shape index (κ2) is 10.4. The number of rotatable bonds is 10. The summed E-state index contributed by atoms with van der Waals surface area (Å²) in [6.45, 7) is 0.879. The van der Waals surface area contributed by atoms with Gasteiger partial charge in [0.1, 0.15) is 12.4 Å². The summed E-state index contributed by atoms with van der Waals surface area (Å²) in [5.41, 5.74) is 0.976. The van der Waals surface area contributed by atoms with Gasteiger partial charge in [-0.05, 0) is 18.6 Å². The highest BCUT2D eigenvalue weighted by molar-refractivity contribution is 5.68. The van der Waals surface area contributed by atoms with Gasteiger partial charge in [0.15, 0.2) is 35.5 Å². The van der Waals surface area contributed by atoms with Gasteiger partial charge in [0.05, 0.1) is 32.2 Å². The van der Waals surface area contributed by atoms with E-state index in [2.05, 4.69) is 15.3 Å². The minimum atomic E-state index is -1.08. The van der Waals surface area contributed by atoms with Gasteiger partial charge in [0.25, 0.3) is 0 Å². The number of anilines is 2. The smallest absolute Gasteiger partial charge is 0.341 e. The van der Waals surface area contributed by atoms with Gasteiger partial charge < -0.3 is 29.4 Å². The van der Waals surface area contributed by atoms with Gasteiger partial charge in [-0.15, -0.1) is 0 Å². The van der Waals surface area contributed by atoms with E-state index in [-0.39, 0.29) is 28.8 Å². The molecular formula is C22H21F2N3O6. The number of ether oxygens (including phenoxy) is 4. The van der Waals surface area contributed by atoms with Crippen molar-refractivity contribution in [2.75, 3.05) is 26.1 Å². The van der Waals surface area contributed by atoms with E-state index in [1.165, 1.54) is 26.6 Å². The molecule has 0 saturated heterocycles. The van der Waals surface area contributed by atoms with Gasteiger partial charge in [0, 0.05) is 17.8 Å². The zero-order valence-corrected chi connectivity index (χ0v) is 18.0. The maximum Gasteiger partial charge on any atom is 0.341 e. The third kappa shape index (κ3) is 5.76. The molecule has 0 aliphatic rings. The fourth-order valence-electron chi connectivity index (χ4n) is 2.78. The maximum absolute atomic E-state index is 14.4. The van der Waals surface area contributed by atoms with Crippen LogP contribution in [0.5, 0.6) is 23.0 Å². The third-order valence-electron chi connectivity index (χ3n) is 4.47. The van der Waals surface area contributed by atoms with Crippen molar-refractivity contribution in [3.05, 3.63) is 59.4 Å². The zero-order valence-electron chi connectivity index (χ0n) is 18.0. The molecule has 1 heterocycles.